The standard InChI is InChI=1S/C13H15NO6/c1-19-12(16)13(6-2-5-11(13)15)9(8-14(17)18)10-4-3-7-20-10/h3-4,7,9H,2,5-6,8H2,1H3/t9-,13?/m0/s1. The van der Waals surface area contributed by atoms with Crippen molar-refractivity contribution in [1.82, 2.24) is 0 Å². The third-order valence-corrected chi connectivity index (χ3v) is 3.84. The first-order valence-electron chi connectivity index (χ1n) is 6.29. The number of furan rings is 1. The quantitative estimate of drug-likeness (QED) is 0.351. The van der Waals surface area contributed by atoms with Gasteiger partial charge in [0, 0.05) is 11.3 Å². The van der Waals surface area contributed by atoms with Crippen LogP contribution in [0, 0.1) is 15.5 Å². The average Bonchev–Trinajstić information content (AvgIpc) is 3.05. The number of hydrogen-bond donors (Lipinski definition) is 0. The summed E-state index contributed by atoms with van der Waals surface area (Å²) in [5.74, 6) is -1.70. The van der Waals surface area contributed by atoms with Gasteiger partial charge < -0.3 is 9.15 Å². The Morgan fingerprint density at radius 2 is 2.40 bits per heavy atom. The van der Waals surface area contributed by atoms with E-state index in [9.17, 15) is 19.7 Å². The molecule has 0 aliphatic heterocycles. The molecule has 0 spiro atoms. The van der Waals surface area contributed by atoms with E-state index in [1.54, 1.807) is 12.1 Å². The summed E-state index contributed by atoms with van der Waals surface area (Å²) in [6.07, 6.45) is 2.36. The van der Waals surface area contributed by atoms with E-state index < -0.39 is 28.8 Å². The van der Waals surface area contributed by atoms with E-state index in [2.05, 4.69) is 0 Å². The summed E-state index contributed by atoms with van der Waals surface area (Å²) in [5.41, 5.74) is -1.50. The van der Waals surface area contributed by atoms with Crippen LogP contribution in [0.2, 0.25) is 0 Å². The number of ketones is 1. The average molecular weight is 281 g/mol. The highest BCUT2D eigenvalue weighted by Crippen LogP contribution is 2.47. The summed E-state index contributed by atoms with van der Waals surface area (Å²) in [4.78, 5) is 34.8. The molecule has 2 atom stereocenters. The fraction of sp³-hybridized carbons (Fsp3) is 0.538. The number of rotatable bonds is 5. The lowest BCUT2D eigenvalue weighted by molar-refractivity contribution is -0.486. The molecule has 7 nitrogen and oxygen atoms in total. The first-order chi connectivity index (χ1) is 9.52. The van der Waals surface area contributed by atoms with Gasteiger partial charge in [0.15, 0.2) is 5.78 Å². The molecule has 1 aromatic heterocycles. The minimum Gasteiger partial charge on any atom is -0.469 e. The van der Waals surface area contributed by atoms with E-state index in [0.717, 1.165) is 0 Å². The van der Waals surface area contributed by atoms with Gasteiger partial charge in [-0.25, -0.2) is 0 Å². The van der Waals surface area contributed by atoms with Crippen molar-refractivity contribution in [3.8, 4) is 0 Å². The monoisotopic (exact) mass is 281 g/mol. The molecule has 7 heteroatoms. The first-order valence-corrected chi connectivity index (χ1v) is 6.29. The Bertz CT molecular complexity index is 523. The minimum atomic E-state index is -1.50. The maximum atomic E-state index is 12.2. The molecule has 1 aliphatic rings. The topological polar surface area (TPSA) is 99.7 Å². The lowest BCUT2D eigenvalue weighted by atomic mass is 9.71. The van der Waals surface area contributed by atoms with Crippen molar-refractivity contribution in [3.63, 3.8) is 0 Å². The van der Waals surface area contributed by atoms with E-state index >= 15 is 0 Å². The predicted molar refractivity (Wildman–Crippen MR) is 66.6 cm³/mol. The highest BCUT2D eigenvalue weighted by molar-refractivity contribution is 6.06. The van der Waals surface area contributed by atoms with Crippen LogP contribution in [0.3, 0.4) is 0 Å². The summed E-state index contributed by atoms with van der Waals surface area (Å²) < 4.78 is 9.96. The van der Waals surface area contributed by atoms with Crippen molar-refractivity contribution in [3.05, 3.63) is 34.3 Å². The number of carbonyl (C=O) groups is 2. The number of methoxy groups -OCH3 is 1. The van der Waals surface area contributed by atoms with Crippen molar-refractivity contribution in [2.45, 2.75) is 25.2 Å². The van der Waals surface area contributed by atoms with E-state index in [4.69, 9.17) is 9.15 Å². The Hall–Kier alpha value is -2.18. The Morgan fingerprint density at radius 3 is 2.85 bits per heavy atom. The van der Waals surface area contributed by atoms with E-state index in [1.807, 2.05) is 0 Å². The SMILES string of the molecule is COC(=O)C1([C@@H](C[N+](=O)[O-])c2ccco2)CCCC1=O. The van der Waals surface area contributed by atoms with E-state index in [1.165, 1.54) is 13.4 Å². The molecule has 20 heavy (non-hydrogen) atoms. The number of nitro groups is 1. The van der Waals surface area contributed by atoms with Gasteiger partial charge in [-0.1, -0.05) is 0 Å². The van der Waals surface area contributed by atoms with Gasteiger partial charge in [-0.2, -0.15) is 0 Å². The van der Waals surface area contributed by atoms with Crippen LogP contribution in [0.4, 0.5) is 0 Å². The zero-order valence-corrected chi connectivity index (χ0v) is 11.0. The van der Waals surface area contributed by atoms with Crippen LogP contribution in [0.15, 0.2) is 22.8 Å². The summed E-state index contributed by atoms with van der Waals surface area (Å²) in [7, 11) is 1.18. The van der Waals surface area contributed by atoms with Crippen molar-refractivity contribution in [2.75, 3.05) is 13.7 Å². The molecule has 1 fully saturated rings. The number of hydrogen-bond acceptors (Lipinski definition) is 6. The Balaban J connectivity index is 2.50. The molecule has 1 heterocycles. The zero-order valence-electron chi connectivity index (χ0n) is 11.0. The molecule has 1 unspecified atom stereocenters. The normalized spacial score (nSPS) is 23.6. The Kier molecular flexibility index (Phi) is 3.87. The Morgan fingerprint density at radius 1 is 1.65 bits per heavy atom. The molecular formula is C13H15NO6. The van der Waals surface area contributed by atoms with E-state index in [-0.39, 0.29) is 24.4 Å². The number of ether oxygens (including phenoxy) is 1. The van der Waals surface area contributed by atoms with Gasteiger partial charge in [0.2, 0.25) is 6.54 Å². The second-order valence-corrected chi connectivity index (χ2v) is 4.82. The van der Waals surface area contributed by atoms with Crippen molar-refractivity contribution in [1.29, 1.82) is 0 Å². The molecule has 0 bridgehead atoms. The third-order valence-electron chi connectivity index (χ3n) is 3.84. The fourth-order valence-corrected chi connectivity index (χ4v) is 2.93. The molecule has 2 rings (SSSR count). The van der Waals surface area contributed by atoms with Crippen LogP contribution >= 0.6 is 0 Å². The molecular weight excluding hydrogens is 266 g/mol. The lowest BCUT2D eigenvalue weighted by Crippen LogP contribution is -2.44. The van der Waals surface area contributed by atoms with Crippen LogP contribution in [0.5, 0.6) is 0 Å². The van der Waals surface area contributed by atoms with Crippen LogP contribution in [-0.4, -0.2) is 30.3 Å². The van der Waals surface area contributed by atoms with Crippen molar-refractivity contribution in [2.24, 2.45) is 5.41 Å². The second kappa shape index (κ2) is 5.44. The fourth-order valence-electron chi connectivity index (χ4n) is 2.93. The summed E-state index contributed by atoms with van der Waals surface area (Å²) >= 11 is 0. The van der Waals surface area contributed by atoms with Crippen LogP contribution < -0.4 is 0 Å². The maximum Gasteiger partial charge on any atom is 0.320 e. The largest absolute Gasteiger partial charge is 0.469 e. The van der Waals surface area contributed by atoms with Gasteiger partial charge in [0.1, 0.15) is 17.1 Å². The van der Waals surface area contributed by atoms with Gasteiger partial charge in [-0.3, -0.25) is 19.7 Å². The summed E-state index contributed by atoms with van der Waals surface area (Å²) in [5, 5.41) is 10.9. The molecule has 108 valence electrons. The number of carbonyl (C=O) groups excluding carboxylic acids is 2. The highest BCUT2D eigenvalue weighted by atomic mass is 16.6. The smallest absolute Gasteiger partial charge is 0.320 e. The zero-order chi connectivity index (χ0) is 14.8. The molecule has 0 aromatic carbocycles. The van der Waals surface area contributed by atoms with Gasteiger partial charge in [-0.15, -0.1) is 0 Å². The maximum absolute atomic E-state index is 12.2. The summed E-state index contributed by atoms with van der Waals surface area (Å²) in [6.45, 7) is -0.547. The Labute approximate surface area is 115 Å². The predicted octanol–water partition coefficient (Wildman–Crippen LogP) is 1.55. The second-order valence-electron chi connectivity index (χ2n) is 4.82. The van der Waals surface area contributed by atoms with Crippen molar-refractivity contribution < 1.29 is 23.7 Å². The van der Waals surface area contributed by atoms with Gasteiger partial charge in [-0.05, 0) is 25.0 Å². The highest BCUT2D eigenvalue weighted by Gasteiger charge is 2.58. The van der Waals surface area contributed by atoms with E-state index in [0.29, 0.717) is 6.42 Å². The van der Waals surface area contributed by atoms with Crippen LogP contribution in [0.25, 0.3) is 0 Å². The minimum absolute atomic E-state index is 0.226. The number of nitrogens with zero attached hydrogens (tertiary/aromatic N) is 1. The van der Waals surface area contributed by atoms with Crippen LogP contribution in [0.1, 0.15) is 30.9 Å². The third kappa shape index (κ3) is 2.19. The number of esters is 1. The molecule has 0 amide bonds. The van der Waals surface area contributed by atoms with Gasteiger partial charge >= 0.3 is 5.97 Å². The molecule has 1 saturated carbocycles. The van der Waals surface area contributed by atoms with Gasteiger partial charge in [0.05, 0.1) is 13.4 Å². The molecule has 0 radical (unpaired) electrons. The first kappa shape index (κ1) is 14.2. The van der Waals surface area contributed by atoms with Crippen molar-refractivity contribution >= 4 is 11.8 Å². The molecule has 0 N–H and O–H groups in total. The lowest BCUT2D eigenvalue weighted by Gasteiger charge is -2.29. The molecule has 1 aliphatic carbocycles. The molecule has 0 saturated heterocycles. The number of Topliss-reactive ketones (excluding diaryl/α,β-unsaturated/α-hetero) is 1. The van der Waals surface area contributed by atoms with Crippen LogP contribution in [-0.2, 0) is 14.3 Å². The van der Waals surface area contributed by atoms with Gasteiger partial charge in [0.25, 0.3) is 0 Å². The summed E-state index contributed by atoms with van der Waals surface area (Å²) in [6, 6.07) is 3.12. The molecule has 1 aromatic rings.